The third kappa shape index (κ3) is 1.31. The number of carbonyl (C=O) groups is 2. The molecular weight excluding hydrogens is 184 g/mol. The van der Waals surface area contributed by atoms with Gasteiger partial charge in [-0.05, 0) is 6.42 Å². The quantitative estimate of drug-likeness (QED) is 0.582. The summed E-state index contributed by atoms with van der Waals surface area (Å²) in [5, 5.41) is 0. The number of Topliss-reactive ketones (excluding diaryl/α,β-unsaturated/α-hetero) is 1. The second-order valence-corrected chi connectivity index (χ2v) is 3.50. The van der Waals surface area contributed by atoms with Crippen LogP contribution in [-0.2, 0) is 19.1 Å². The van der Waals surface area contributed by atoms with Gasteiger partial charge in [0.15, 0.2) is 5.78 Å². The second kappa shape index (κ2) is 3.44. The first-order chi connectivity index (χ1) is 6.74. The van der Waals surface area contributed by atoms with Crippen molar-refractivity contribution in [1.29, 1.82) is 0 Å². The SMILES string of the molecule is COC(=O)C1COC2=C1C(=O)CCC2. The molecule has 0 aromatic carbocycles. The first kappa shape index (κ1) is 9.24. The van der Waals surface area contributed by atoms with Gasteiger partial charge in [0.05, 0.1) is 12.7 Å². The van der Waals surface area contributed by atoms with Gasteiger partial charge in [-0.3, -0.25) is 9.59 Å². The molecule has 1 aliphatic carbocycles. The molecule has 76 valence electrons. The van der Waals surface area contributed by atoms with E-state index in [4.69, 9.17) is 4.74 Å². The molecule has 2 rings (SSSR count). The standard InChI is InChI=1S/C10H12O4/c1-13-10(12)6-5-14-8-4-2-3-7(11)9(6)8/h6H,2-5H2,1H3. The van der Waals surface area contributed by atoms with Crippen molar-refractivity contribution in [3.63, 3.8) is 0 Å². The number of hydrogen-bond donors (Lipinski definition) is 0. The lowest BCUT2D eigenvalue weighted by Crippen LogP contribution is -2.24. The predicted molar refractivity (Wildman–Crippen MR) is 47.3 cm³/mol. The monoisotopic (exact) mass is 196 g/mol. The van der Waals surface area contributed by atoms with Gasteiger partial charge < -0.3 is 9.47 Å². The van der Waals surface area contributed by atoms with Gasteiger partial charge in [0.25, 0.3) is 0 Å². The lowest BCUT2D eigenvalue weighted by Gasteiger charge is -2.13. The van der Waals surface area contributed by atoms with Crippen LogP contribution in [0.5, 0.6) is 0 Å². The van der Waals surface area contributed by atoms with Crippen molar-refractivity contribution in [3.8, 4) is 0 Å². The molecule has 2 aliphatic rings. The Bertz CT molecular complexity index is 316. The highest BCUT2D eigenvalue weighted by Gasteiger charge is 2.39. The highest BCUT2D eigenvalue weighted by molar-refractivity contribution is 6.02. The van der Waals surface area contributed by atoms with Crippen LogP contribution < -0.4 is 0 Å². The summed E-state index contributed by atoms with van der Waals surface area (Å²) < 4.78 is 9.95. The summed E-state index contributed by atoms with van der Waals surface area (Å²) >= 11 is 0. The fourth-order valence-corrected chi connectivity index (χ4v) is 1.97. The van der Waals surface area contributed by atoms with Gasteiger partial charge in [0.2, 0.25) is 0 Å². The fraction of sp³-hybridized carbons (Fsp3) is 0.600. The zero-order chi connectivity index (χ0) is 10.1. The van der Waals surface area contributed by atoms with Crippen molar-refractivity contribution < 1.29 is 19.1 Å². The van der Waals surface area contributed by atoms with Crippen LogP contribution in [0.2, 0.25) is 0 Å². The van der Waals surface area contributed by atoms with Crippen LogP contribution >= 0.6 is 0 Å². The molecule has 0 fully saturated rings. The van der Waals surface area contributed by atoms with Crippen molar-refractivity contribution in [2.24, 2.45) is 5.92 Å². The fourth-order valence-electron chi connectivity index (χ4n) is 1.97. The Kier molecular flexibility index (Phi) is 2.27. The van der Waals surface area contributed by atoms with Gasteiger partial charge in [-0.15, -0.1) is 0 Å². The van der Waals surface area contributed by atoms with Crippen molar-refractivity contribution in [2.45, 2.75) is 19.3 Å². The molecule has 1 aliphatic heterocycles. The molecular formula is C10H12O4. The predicted octanol–water partition coefficient (Wildman–Crippen LogP) is 0.813. The van der Waals surface area contributed by atoms with E-state index < -0.39 is 5.92 Å². The number of ketones is 1. The number of carbonyl (C=O) groups excluding carboxylic acids is 2. The molecule has 0 radical (unpaired) electrons. The molecule has 0 N–H and O–H groups in total. The summed E-state index contributed by atoms with van der Waals surface area (Å²) in [6.45, 7) is 0.267. The summed E-state index contributed by atoms with van der Waals surface area (Å²) in [7, 11) is 1.33. The average molecular weight is 196 g/mol. The summed E-state index contributed by atoms with van der Waals surface area (Å²) in [6, 6.07) is 0. The van der Waals surface area contributed by atoms with Crippen LogP contribution in [0.4, 0.5) is 0 Å². The Morgan fingerprint density at radius 2 is 2.29 bits per heavy atom. The summed E-state index contributed by atoms with van der Waals surface area (Å²) in [6.07, 6.45) is 2.12. The zero-order valence-corrected chi connectivity index (χ0v) is 8.04. The van der Waals surface area contributed by atoms with E-state index in [1.54, 1.807) is 0 Å². The molecule has 0 aromatic heterocycles. The number of hydrogen-bond acceptors (Lipinski definition) is 4. The Balaban J connectivity index is 2.27. The molecule has 0 saturated heterocycles. The van der Waals surface area contributed by atoms with Gasteiger partial charge in [-0.25, -0.2) is 0 Å². The average Bonchev–Trinajstić information content (AvgIpc) is 2.62. The summed E-state index contributed by atoms with van der Waals surface area (Å²) in [5.74, 6) is -0.108. The Morgan fingerprint density at radius 1 is 1.50 bits per heavy atom. The van der Waals surface area contributed by atoms with Crippen LogP contribution in [0.3, 0.4) is 0 Å². The molecule has 1 atom stereocenters. The number of rotatable bonds is 1. The minimum Gasteiger partial charge on any atom is -0.496 e. The molecule has 0 saturated carbocycles. The van der Waals surface area contributed by atoms with E-state index in [-0.39, 0.29) is 18.4 Å². The van der Waals surface area contributed by atoms with Crippen LogP contribution in [0.1, 0.15) is 19.3 Å². The van der Waals surface area contributed by atoms with E-state index in [0.29, 0.717) is 17.8 Å². The molecule has 14 heavy (non-hydrogen) atoms. The minimum atomic E-state index is -0.484. The highest BCUT2D eigenvalue weighted by Crippen LogP contribution is 2.34. The number of allylic oxidation sites excluding steroid dienone is 1. The molecule has 4 heteroatoms. The Hall–Kier alpha value is -1.32. The largest absolute Gasteiger partial charge is 0.496 e. The van der Waals surface area contributed by atoms with Crippen LogP contribution in [-0.4, -0.2) is 25.5 Å². The molecule has 0 amide bonds. The number of methoxy groups -OCH3 is 1. The van der Waals surface area contributed by atoms with Gasteiger partial charge in [0, 0.05) is 12.8 Å². The third-order valence-electron chi connectivity index (χ3n) is 2.67. The van der Waals surface area contributed by atoms with Crippen LogP contribution in [0.25, 0.3) is 0 Å². The van der Waals surface area contributed by atoms with E-state index in [1.165, 1.54) is 7.11 Å². The van der Waals surface area contributed by atoms with Gasteiger partial charge in [-0.2, -0.15) is 0 Å². The van der Waals surface area contributed by atoms with Crippen molar-refractivity contribution in [2.75, 3.05) is 13.7 Å². The van der Waals surface area contributed by atoms with Crippen LogP contribution in [0, 0.1) is 5.92 Å². The maximum Gasteiger partial charge on any atom is 0.316 e. The van der Waals surface area contributed by atoms with Crippen molar-refractivity contribution in [1.82, 2.24) is 0 Å². The minimum absolute atomic E-state index is 0.0409. The second-order valence-electron chi connectivity index (χ2n) is 3.50. The van der Waals surface area contributed by atoms with E-state index >= 15 is 0 Å². The van der Waals surface area contributed by atoms with Crippen molar-refractivity contribution in [3.05, 3.63) is 11.3 Å². The van der Waals surface area contributed by atoms with E-state index in [0.717, 1.165) is 12.8 Å². The zero-order valence-electron chi connectivity index (χ0n) is 8.04. The highest BCUT2D eigenvalue weighted by atomic mass is 16.5. The Labute approximate surface area is 81.9 Å². The third-order valence-corrected chi connectivity index (χ3v) is 2.67. The smallest absolute Gasteiger partial charge is 0.316 e. The first-order valence-electron chi connectivity index (χ1n) is 4.71. The van der Waals surface area contributed by atoms with Crippen molar-refractivity contribution >= 4 is 11.8 Å². The molecule has 0 spiro atoms. The van der Waals surface area contributed by atoms with Gasteiger partial charge in [-0.1, -0.05) is 0 Å². The molecule has 1 unspecified atom stereocenters. The summed E-state index contributed by atoms with van der Waals surface area (Å²) in [4.78, 5) is 22.9. The number of esters is 1. The maximum absolute atomic E-state index is 11.6. The lowest BCUT2D eigenvalue weighted by atomic mass is 9.89. The normalized spacial score (nSPS) is 25.8. The van der Waals surface area contributed by atoms with Gasteiger partial charge in [0.1, 0.15) is 18.3 Å². The molecule has 1 heterocycles. The van der Waals surface area contributed by atoms with Crippen LogP contribution in [0.15, 0.2) is 11.3 Å². The molecule has 0 aromatic rings. The number of ether oxygens (including phenoxy) is 2. The topological polar surface area (TPSA) is 52.6 Å². The Morgan fingerprint density at radius 3 is 3.00 bits per heavy atom. The molecule has 4 nitrogen and oxygen atoms in total. The van der Waals surface area contributed by atoms with E-state index in [2.05, 4.69) is 4.74 Å². The molecule has 0 bridgehead atoms. The lowest BCUT2D eigenvalue weighted by molar-refractivity contribution is -0.145. The summed E-state index contributed by atoms with van der Waals surface area (Å²) in [5.41, 5.74) is 0.558. The maximum atomic E-state index is 11.6. The van der Waals surface area contributed by atoms with Gasteiger partial charge >= 0.3 is 5.97 Å². The van der Waals surface area contributed by atoms with E-state index in [1.807, 2.05) is 0 Å². The first-order valence-corrected chi connectivity index (χ1v) is 4.71. The van der Waals surface area contributed by atoms with E-state index in [9.17, 15) is 9.59 Å².